The number of carbonyl (C=O) groups is 1. The third kappa shape index (κ3) is 2.93. The number of rotatable bonds is 3. The van der Waals surface area contributed by atoms with Crippen LogP contribution in [0.5, 0.6) is 0 Å². The van der Waals surface area contributed by atoms with Gasteiger partial charge in [0.2, 0.25) is 0 Å². The first-order valence-corrected chi connectivity index (χ1v) is 4.20. The summed E-state index contributed by atoms with van der Waals surface area (Å²) in [5.41, 5.74) is 5.76. The zero-order chi connectivity index (χ0) is 8.97. The predicted molar refractivity (Wildman–Crippen MR) is 47.2 cm³/mol. The van der Waals surface area contributed by atoms with Gasteiger partial charge in [-0.25, -0.2) is 0 Å². The fourth-order valence-corrected chi connectivity index (χ4v) is 1.06. The summed E-state index contributed by atoms with van der Waals surface area (Å²) in [6.45, 7) is 2.19. The Morgan fingerprint density at radius 1 is 1.75 bits per heavy atom. The van der Waals surface area contributed by atoms with Crippen molar-refractivity contribution in [3.8, 4) is 11.8 Å². The molecule has 12 heavy (non-hydrogen) atoms. The molecule has 0 aromatic rings. The second kappa shape index (κ2) is 4.13. The molecule has 0 bridgehead atoms. The maximum absolute atomic E-state index is 10.9. The summed E-state index contributed by atoms with van der Waals surface area (Å²) in [5.74, 6) is 5.33. The van der Waals surface area contributed by atoms with Crippen molar-refractivity contribution in [3.05, 3.63) is 0 Å². The SMILES string of the molecule is CC#CC(=O)NCC(N)C1CC1. The highest BCUT2D eigenvalue weighted by atomic mass is 16.1. The van der Waals surface area contributed by atoms with Crippen LogP contribution in [0.2, 0.25) is 0 Å². The van der Waals surface area contributed by atoms with E-state index in [4.69, 9.17) is 5.73 Å². The first-order valence-electron chi connectivity index (χ1n) is 4.20. The molecule has 1 aliphatic rings. The highest BCUT2D eigenvalue weighted by Crippen LogP contribution is 2.31. The Bertz CT molecular complexity index is 222. The van der Waals surface area contributed by atoms with Crippen LogP contribution in [0.1, 0.15) is 19.8 Å². The first kappa shape index (κ1) is 9.08. The molecule has 0 aliphatic heterocycles. The third-order valence-electron chi connectivity index (χ3n) is 1.96. The van der Waals surface area contributed by atoms with Gasteiger partial charge in [0.1, 0.15) is 0 Å². The van der Waals surface area contributed by atoms with Crippen LogP contribution in [0.15, 0.2) is 0 Å². The van der Waals surface area contributed by atoms with Crippen molar-refractivity contribution in [3.63, 3.8) is 0 Å². The molecule has 1 amide bonds. The van der Waals surface area contributed by atoms with E-state index in [2.05, 4.69) is 17.2 Å². The molecule has 0 radical (unpaired) electrons. The highest BCUT2D eigenvalue weighted by molar-refractivity contribution is 5.93. The topological polar surface area (TPSA) is 55.1 Å². The Morgan fingerprint density at radius 2 is 2.42 bits per heavy atom. The summed E-state index contributed by atoms with van der Waals surface area (Å²) in [6, 6.07) is 0.118. The highest BCUT2D eigenvalue weighted by Gasteiger charge is 2.28. The largest absolute Gasteiger partial charge is 0.344 e. The summed E-state index contributed by atoms with van der Waals surface area (Å²) >= 11 is 0. The van der Waals surface area contributed by atoms with Gasteiger partial charge in [-0.3, -0.25) is 4.79 Å². The number of carbonyl (C=O) groups excluding carboxylic acids is 1. The molecule has 0 saturated heterocycles. The lowest BCUT2D eigenvalue weighted by atomic mass is 10.2. The van der Waals surface area contributed by atoms with E-state index in [1.807, 2.05) is 0 Å². The molecule has 3 N–H and O–H groups in total. The van der Waals surface area contributed by atoms with Crippen molar-refractivity contribution in [2.45, 2.75) is 25.8 Å². The molecule has 1 atom stereocenters. The molecule has 1 unspecified atom stereocenters. The number of amides is 1. The molecule has 0 spiro atoms. The molecule has 0 aromatic carbocycles. The van der Waals surface area contributed by atoms with E-state index < -0.39 is 0 Å². The Morgan fingerprint density at radius 3 is 2.92 bits per heavy atom. The quantitative estimate of drug-likeness (QED) is 0.573. The fraction of sp³-hybridized carbons (Fsp3) is 0.667. The van der Waals surface area contributed by atoms with Crippen molar-refractivity contribution in [1.82, 2.24) is 5.32 Å². The Kier molecular flexibility index (Phi) is 3.12. The molecular weight excluding hydrogens is 152 g/mol. The van der Waals surface area contributed by atoms with Gasteiger partial charge in [-0.05, 0) is 31.6 Å². The van der Waals surface area contributed by atoms with Crippen molar-refractivity contribution >= 4 is 5.91 Å². The lowest BCUT2D eigenvalue weighted by molar-refractivity contribution is -0.115. The minimum atomic E-state index is -0.228. The van der Waals surface area contributed by atoms with Crippen molar-refractivity contribution < 1.29 is 4.79 Å². The molecule has 1 aliphatic carbocycles. The summed E-state index contributed by atoms with van der Waals surface area (Å²) in [6.07, 6.45) is 2.41. The number of hydrogen-bond donors (Lipinski definition) is 2. The molecule has 0 heterocycles. The van der Waals surface area contributed by atoms with Gasteiger partial charge in [0, 0.05) is 12.6 Å². The van der Waals surface area contributed by atoms with Crippen LogP contribution >= 0.6 is 0 Å². The maximum Gasteiger partial charge on any atom is 0.295 e. The number of nitrogens with two attached hydrogens (primary N) is 1. The molecule has 3 heteroatoms. The van der Waals surface area contributed by atoms with Gasteiger partial charge in [0.15, 0.2) is 0 Å². The first-order chi connectivity index (χ1) is 5.74. The van der Waals surface area contributed by atoms with Gasteiger partial charge in [-0.2, -0.15) is 0 Å². The van der Waals surface area contributed by atoms with E-state index in [9.17, 15) is 4.79 Å². The number of hydrogen-bond acceptors (Lipinski definition) is 2. The van der Waals surface area contributed by atoms with Crippen LogP contribution in [0, 0.1) is 17.8 Å². The molecule has 66 valence electrons. The Labute approximate surface area is 72.7 Å². The lowest BCUT2D eigenvalue weighted by Gasteiger charge is -2.08. The predicted octanol–water partition coefficient (Wildman–Crippen LogP) is -0.137. The van der Waals surface area contributed by atoms with E-state index in [-0.39, 0.29) is 11.9 Å². The van der Waals surface area contributed by atoms with Gasteiger partial charge in [-0.15, -0.1) is 0 Å². The summed E-state index contributed by atoms with van der Waals surface area (Å²) < 4.78 is 0. The molecule has 0 aromatic heterocycles. The minimum absolute atomic E-state index is 0.118. The molecule has 1 fully saturated rings. The van der Waals surface area contributed by atoms with E-state index >= 15 is 0 Å². The standard InChI is InChI=1S/C9H14N2O/c1-2-3-9(12)11-6-8(10)7-4-5-7/h7-8H,4-6,10H2,1H3,(H,11,12). The van der Waals surface area contributed by atoms with Crippen LogP contribution in [0.4, 0.5) is 0 Å². The van der Waals surface area contributed by atoms with Crippen molar-refractivity contribution in [2.75, 3.05) is 6.54 Å². The van der Waals surface area contributed by atoms with E-state index in [1.54, 1.807) is 6.92 Å². The minimum Gasteiger partial charge on any atom is -0.344 e. The second-order valence-electron chi connectivity index (χ2n) is 3.09. The molecule has 1 saturated carbocycles. The van der Waals surface area contributed by atoms with Crippen molar-refractivity contribution in [1.29, 1.82) is 0 Å². The zero-order valence-electron chi connectivity index (χ0n) is 7.26. The van der Waals surface area contributed by atoms with Crippen LogP contribution in [-0.4, -0.2) is 18.5 Å². The molecular formula is C9H14N2O. The summed E-state index contributed by atoms with van der Waals surface area (Å²) in [4.78, 5) is 10.9. The van der Waals surface area contributed by atoms with Gasteiger partial charge >= 0.3 is 0 Å². The van der Waals surface area contributed by atoms with Gasteiger partial charge < -0.3 is 11.1 Å². The second-order valence-corrected chi connectivity index (χ2v) is 3.09. The third-order valence-corrected chi connectivity index (χ3v) is 1.96. The molecule has 1 rings (SSSR count). The van der Waals surface area contributed by atoms with Crippen LogP contribution in [-0.2, 0) is 4.79 Å². The number of nitrogens with one attached hydrogen (secondary N) is 1. The van der Waals surface area contributed by atoms with E-state index in [0.29, 0.717) is 12.5 Å². The average molecular weight is 166 g/mol. The van der Waals surface area contributed by atoms with Crippen LogP contribution in [0.3, 0.4) is 0 Å². The lowest BCUT2D eigenvalue weighted by Crippen LogP contribution is -2.38. The van der Waals surface area contributed by atoms with Gasteiger partial charge in [0.25, 0.3) is 5.91 Å². The maximum atomic E-state index is 10.9. The monoisotopic (exact) mass is 166 g/mol. The van der Waals surface area contributed by atoms with Crippen LogP contribution in [0.25, 0.3) is 0 Å². The summed E-state index contributed by atoms with van der Waals surface area (Å²) in [5, 5.41) is 2.67. The normalized spacial score (nSPS) is 17.5. The van der Waals surface area contributed by atoms with E-state index in [1.165, 1.54) is 12.8 Å². The molecule has 3 nitrogen and oxygen atoms in total. The Balaban J connectivity index is 2.14. The fourth-order valence-electron chi connectivity index (χ4n) is 1.06. The van der Waals surface area contributed by atoms with Gasteiger partial charge in [0.05, 0.1) is 0 Å². The Hall–Kier alpha value is -1.01. The van der Waals surface area contributed by atoms with Crippen molar-refractivity contribution in [2.24, 2.45) is 11.7 Å². The van der Waals surface area contributed by atoms with E-state index in [0.717, 1.165) is 0 Å². The zero-order valence-corrected chi connectivity index (χ0v) is 7.26. The van der Waals surface area contributed by atoms with Gasteiger partial charge in [-0.1, -0.05) is 5.92 Å². The smallest absolute Gasteiger partial charge is 0.295 e. The van der Waals surface area contributed by atoms with Crippen LogP contribution < -0.4 is 11.1 Å². The average Bonchev–Trinajstić information content (AvgIpc) is 2.83. The summed E-state index contributed by atoms with van der Waals surface area (Å²) in [7, 11) is 0.